The van der Waals surface area contributed by atoms with Crippen LogP contribution in [0.4, 0.5) is 0 Å². The van der Waals surface area contributed by atoms with E-state index in [0.717, 1.165) is 16.7 Å². The fourth-order valence-electron chi connectivity index (χ4n) is 3.90. The van der Waals surface area contributed by atoms with Crippen molar-refractivity contribution in [2.24, 2.45) is 5.16 Å². The average molecular weight is 473 g/mol. The summed E-state index contributed by atoms with van der Waals surface area (Å²) in [7, 11) is 0. The van der Waals surface area contributed by atoms with Gasteiger partial charge in [0.15, 0.2) is 11.5 Å². The number of nitrogens with zero attached hydrogens (tertiary/aromatic N) is 2. The highest BCUT2D eigenvalue weighted by atomic mass is 16.7. The third-order valence-electron chi connectivity index (χ3n) is 5.80. The van der Waals surface area contributed by atoms with Crippen molar-refractivity contribution in [3.63, 3.8) is 0 Å². The molecular formula is C26H24N4O5. The molecule has 35 heavy (non-hydrogen) atoms. The normalized spacial score (nSPS) is 16.7. The van der Waals surface area contributed by atoms with Crippen molar-refractivity contribution in [2.75, 3.05) is 6.79 Å². The first kappa shape index (κ1) is 22.4. The third kappa shape index (κ3) is 5.40. The zero-order valence-electron chi connectivity index (χ0n) is 18.8. The number of nitrogens with one attached hydrogen (secondary N) is 2. The molecule has 0 saturated heterocycles. The van der Waals surface area contributed by atoms with E-state index < -0.39 is 18.1 Å². The Labute approximate surface area is 202 Å². The van der Waals surface area contributed by atoms with Gasteiger partial charge in [0.05, 0.1) is 5.71 Å². The van der Waals surface area contributed by atoms with Gasteiger partial charge in [-0.05, 0) is 41.5 Å². The summed E-state index contributed by atoms with van der Waals surface area (Å²) in [5, 5.41) is 9.85. The van der Waals surface area contributed by atoms with Crippen LogP contribution >= 0.6 is 0 Å². The Kier molecular flexibility index (Phi) is 6.56. The van der Waals surface area contributed by atoms with Gasteiger partial charge in [0, 0.05) is 37.3 Å². The van der Waals surface area contributed by atoms with Crippen molar-refractivity contribution in [3.05, 3.63) is 89.7 Å². The highest BCUT2D eigenvalue weighted by Crippen LogP contribution is 2.33. The summed E-state index contributed by atoms with van der Waals surface area (Å²) in [5.41, 5.74) is 3.27. The summed E-state index contributed by atoms with van der Waals surface area (Å²) in [6.45, 7) is 0.513. The van der Waals surface area contributed by atoms with Crippen LogP contribution in [0.1, 0.15) is 23.1 Å². The Morgan fingerprint density at radius 1 is 0.971 bits per heavy atom. The lowest BCUT2D eigenvalue weighted by Crippen LogP contribution is -2.50. The molecule has 2 N–H and O–H groups in total. The van der Waals surface area contributed by atoms with Gasteiger partial charge in [-0.25, -0.2) is 0 Å². The number of hydrogen-bond acceptors (Lipinski definition) is 7. The maximum absolute atomic E-state index is 13.0. The van der Waals surface area contributed by atoms with Crippen LogP contribution in [-0.2, 0) is 27.4 Å². The average Bonchev–Trinajstić information content (AvgIpc) is 3.58. The van der Waals surface area contributed by atoms with E-state index in [1.54, 1.807) is 18.5 Å². The lowest BCUT2D eigenvalue weighted by molar-refractivity contribution is -0.135. The molecule has 0 fully saturated rings. The second-order valence-corrected chi connectivity index (χ2v) is 8.23. The van der Waals surface area contributed by atoms with E-state index in [-0.39, 0.29) is 19.1 Å². The van der Waals surface area contributed by atoms with Gasteiger partial charge in [-0.3, -0.25) is 14.6 Å². The third-order valence-corrected chi connectivity index (χ3v) is 5.80. The first-order chi connectivity index (χ1) is 17.2. The summed E-state index contributed by atoms with van der Waals surface area (Å²) >= 11 is 0. The summed E-state index contributed by atoms with van der Waals surface area (Å²) in [4.78, 5) is 35.5. The van der Waals surface area contributed by atoms with Gasteiger partial charge in [-0.2, -0.15) is 0 Å². The molecule has 0 spiro atoms. The topological polar surface area (TPSA) is 111 Å². The molecule has 0 bridgehead atoms. The number of oxime groups is 1. The second kappa shape index (κ2) is 10.3. The molecule has 0 aliphatic carbocycles. The number of pyridine rings is 1. The van der Waals surface area contributed by atoms with E-state index >= 15 is 0 Å². The molecule has 9 heteroatoms. The number of fused-ring (bicyclic) bond motifs is 1. The van der Waals surface area contributed by atoms with E-state index in [0.29, 0.717) is 30.2 Å². The minimum atomic E-state index is -0.832. The first-order valence-electron chi connectivity index (χ1n) is 11.3. The van der Waals surface area contributed by atoms with Gasteiger partial charge in [-0.1, -0.05) is 35.5 Å². The van der Waals surface area contributed by atoms with Crippen molar-refractivity contribution in [1.82, 2.24) is 15.6 Å². The standard InChI is InChI=1S/C26H24N4O5/c31-25(28-15-18-8-10-27-11-9-18)21(12-17-4-2-1-3-5-17)29-26(32)24-14-20(30-35-24)19-6-7-22-23(13-19)34-16-33-22/h1-11,13,21,24H,12,14-16H2,(H,28,31)(H,29,32)/t21-,24+/m0/s1. The number of ether oxygens (including phenoxy) is 2. The van der Waals surface area contributed by atoms with E-state index in [1.807, 2.05) is 54.6 Å². The predicted molar refractivity (Wildman–Crippen MR) is 127 cm³/mol. The second-order valence-electron chi connectivity index (χ2n) is 8.23. The summed E-state index contributed by atoms with van der Waals surface area (Å²) in [6, 6.07) is 17.9. The molecule has 5 rings (SSSR count). The molecule has 0 unspecified atom stereocenters. The van der Waals surface area contributed by atoms with E-state index in [4.69, 9.17) is 14.3 Å². The van der Waals surface area contributed by atoms with Crippen LogP contribution in [0.5, 0.6) is 11.5 Å². The Balaban J connectivity index is 1.23. The Morgan fingerprint density at radius 2 is 1.77 bits per heavy atom. The Bertz CT molecular complexity index is 1230. The smallest absolute Gasteiger partial charge is 0.265 e. The van der Waals surface area contributed by atoms with E-state index in [1.165, 1.54) is 0 Å². The quantitative estimate of drug-likeness (QED) is 0.521. The summed E-state index contributed by atoms with van der Waals surface area (Å²) < 4.78 is 10.8. The van der Waals surface area contributed by atoms with Gasteiger partial charge in [0.2, 0.25) is 18.8 Å². The minimum absolute atomic E-state index is 0.179. The maximum atomic E-state index is 13.0. The molecule has 9 nitrogen and oxygen atoms in total. The Morgan fingerprint density at radius 3 is 2.60 bits per heavy atom. The number of carbonyl (C=O) groups is 2. The fourth-order valence-corrected chi connectivity index (χ4v) is 3.90. The minimum Gasteiger partial charge on any atom is -0.454 e. The molecule has 0 radical (unpaired) electrons. The number of aromatic nitrogens is 1. The summed E-state index contributed by atoms with van der Waals surface area (Å²) in [6.07, 6.45) is 3.13. The molecule has 3 heterocycles. The molecule has 2 aliphatic heterocycles. The zero-order valence-corrected chi connectivity index (χ0v) is 18.8. The summed E-state index contributed by atoms with van der Waals surface area (Å²) in [5.74, 6) is 0.620. The van der Waals surface area contributed by atoms with Crippen LogP contribution in [0.2, 0.25) is 0 Å². The lowest BCUT2D eigenvalue weighted by Gasteiger charge is -2.20. The van der Waals surface area contributed by atoms with Crippen LogP contribution in [0.3, 0.4) is 0 Å². The van der Waals surface area contributed by atoms with E-state index in [9.17, 15) is 9.59 Å². The Hall–Kier alpha value is -4.40. The van der Waals surface area contributed by atoms with Gasteiger partial charge in [0.25, 0.3) is 5.91 Å². The van der Waals surface area contributed by atoms with Crippen LogP contribution in [0, 0.1) is 0 Å². The maximum Gasteiger partial charge on any atom is 0.265 e. The predicted octanol–water partition coefficient (Wildman–Crippen LogP) is 2.35. The number of carbonyl (C=O) groups excluding carboxylic acids is 2. The number of benzene rings is 2. The number of amides is 2. The molecule has 0 saturated carbocycles. The molecule has 3 aromatic rings. The van der Waals surface area contributed by atoms with E-state index in [2.05, 4.69) is 20.8 Å². The van der Waals surface area contributed by atoms with Crippen molar-refractivity contribution in [2.45, 2.75) is 31.5 Å². The number of rotatable bonds is 8. The van der Waals surface area contributed by atoms with Gasteiger partial charge >= 0.3 is 0 Å². The van der Waals surface area contributed by atoms with Crippen LogP contribution < -0.4 is 20.1 Å². The molecule has 178 valence electrons. The van der Waals surface area contributed by atoms with Crippen molar-refractivity contribution >= 4 is 17.5 Å². The molecule has 2 aromatic carbocycles. The number of hydrogen-bond donors (Lipinski definition) is 2. The van der Waals surface area contributed by atoms with Crippen molar-refractivity contribution in [3.8, 4) is 11.5 Å². The van der Waals surface area contributed by atoms with Crippen molar-refractivity contribution < 1.29 is 23.9 Å². The van der Waals surface area contributed by atoms with Crippen LogP contribution in [0.25, 0.3) is 0 Å². The molecule has 2 amide bonds. The monoisotopic (exact) mass is 472 g/mol. The molecular weight excluding hydrogens is 448 g/mol. The van der Waals surface area contributed by atoms with Crippen LogP contribution in [-0.4, -0.2) is 41.4 Å². The van der Waals surface area contributed by atoms with Crippen molar-refractivity contribution in [1.29, 1.82) is 0 Å². The van der Waals surface area contributed by atoms with Gasteiger partial charge in [-0.15, -0.1) is 0 Å². The van der Waals surface area contributed by atoms with Gasteiger partial charge < -0.3 is 24.9 Å². The first-order valence-corrected chi connectivity index (χ1v) is 11.3. The van der Waals surface area contributed by atoms with Gasteiger partial charge in [0.1, 0.15) is 6.04 Å². The molecule has 2 aliphatic rings. The zero-order chi connectivity index (χ0) is 24.0. The lowest BCUT2D eigenvalue weighted by atomic mass is 10.0. The fraction of sp³-hybridized carbons (Fsp3) is 0.231. The largest absolute Gasteiger partial charge is 0.454 e. The molecule has 2 atom stereocenters. The highest BCUT2D eigenvalue weighted by Gasteiger charge is 2.32. The SMILES string of the molecule is O=C(NCc1ccncc1)[C@H](Cc1ccccc1)NC(=O)[C@H]1CC(c2ccc3c(c2)OCO3)=NO1. The van der Waals surface area contributed by atoms with Crippen LogP contribution in [0.15, 0.2) is 78.2 Å². The molecule has 1 aromatic heterocycles. The highest BCUT2D eigenvalue weighted by molar-refractivity contribution is 6.04.